The molecule has 7 atom stereocenters. The molecule has 0 amide bonds. The minimum atomic E-state index is -0.781. The Morgan fingerprint density at radius 2 is 1.59 bits per heavy atom. The van der Waals surface area contributed by atoms with Crippen LogP contribution in [-0.2, 0) is 18.9 Å². The van der Waals surface area contributed by atoms with Crippen molar-refractivity contribution in [2.24, 2.45) is 40.4 Å². The predicted molar refractivity (Wildman–Crippen MR) is 107 cm³/mol. The SMILES string of the molecule is C[C@]12CCCCC1C[C@@H](CO)[C@@H]1[C@@H]2CC[C@@]2(C)[C@H]1CC13OCCOC12OCCO3. The van der Waals surface area contributed by atoms with Crippen LogP contribution in [0.15, 0.2) is 0 Å². The lowest BCUT2D eigenvalue weighted by atomic mass is 9.43. The Balaban J connectivity index is 1.44. The molecule has 0 spiro atoms. The molecule has 2 heterocycles. The Labute approximate surface area is 174 Å². The van der Waals surface area contributed by atoms with Gasteiger partial charge in [0, 0.05) is 18.4 Å². The number of rotatable bonds is 1. The molecule has 0 aromatic rings. The largest absolute Gasteiger partial charge is 0.396 e. The molecular weight excluding hydrogens is 368 g/mol. The van der Waals surface area contributed by atoms with Crippen molar-refractivity contribution in [3.8, 4) is 0 Å². The van der Waals surface area contributed by atoms with Crippen LogP contribution >= 0.6 is 0 Å². The summed E-state index contributed by atoms with van der Waals surface area (Å²) in [6, 6.07) is 0. The Kier molecular flexibility index (Phi) is 4.31. The maximum absolute atomic E-state index is 10.5. The summed E-state index contributed by atoms with van der Waals surface area (Å²) in [5.41, 5.74) is 0.300. The van der Waals surface area contributed by atoms with Gasteiger partial charge in [0.2, 0.25) is 11.6 Å². The van der Waals surface area contributed by atoms with E-state index in [1.54, 1.807) is 0 Å². The Morgan fingerprint density at radius 3 is 2.31 bits per heavy atom. The van der Waals surface area contributed by atoms with Gasteiger partial charge in [0.05, 0.1) is 26.4 Å². The maximum atomic E-state index is 10.5. The van der Waals surface area contributed by atoms with Crippen molar-refractivity contribution in [1.82, 2.24) is 0 Å². The lowest BCUT2D eigenvalue weighted by Gasteiger charge is -2.63. The molecule has 6 aliphatic rings. The van der Waals surface area contributed by atoms with E-state index >= 15 is 0 Å². The fourth-order valence-electron chi connectivity index (χ4n) is 9.34. The summed E-state index contributed by atoms with van der Waals surface area (Å²) in [5, 5.41) is 10.5. The molecule has 6 rings (SSSR count). The van der Waals surface area contributed by atoms with Gasteiger partial charge in [0.25, 0.3) is 0 Å². The van der Waals surface area contributed by atoms with Crippen LogP contribution < -0.4 is 0 Å². The summed E-state index contributed by atoms with van der Waals surface area (Å²) in [6.07, 6.45) is 9.80. The van der Waals surface area contributed by atoms with Crippen molar-refractivity contribution in [3.63, 3.8) is 0 Å². The number of hydrogen-bond donors (Lipinski definition) is 1. The third-order valence-corrected chi connectivity index (χ3v) is 10.6. The number of aliphatic hydroxyl groups excluding tert-OH is 1. The summed E-state index contributed by atoms with van der Waals surface area (Å²) >= 11 is 0. The van der Waals surface area contributed by atoms with Crippen LogP contribution in [0, 0.1) is 40.4 Å². The fraction of sp³-hybridized carbons (Fsp3) is 1.00. The third-order valence-electron chi connectivity index (χ3n) is 10.6. The van der Waals surface area contributed by atoms with Crippen molar-refractivity contribution in [3.05, 3.63) is 0 Å². The normalized spacial score (nSPS) is 59.1. The highest BCUT2D eigenvalue weighted by Crippen LogP contribution is 2.73. The average Bonchev–Trinajstić information content (AvgIpc) is 2.99. The molecular formula is C24H38O5. The van der Waals surface area contributed by atoms with Crippen molar-refractivity contribution < 1.29 is 24.1 Å². The number of ether oxygens (including phenoxy) is 4. The van der Waals surface area contributed by atoms with Crippen LogP contribution in [0.4, 0.5) is 0 Å². The summed E-state index contributed by atoms with van der Waals surface area (Å²) in [7, 11) is 0. The molecule has 5 heteroatoms. The topological polar surface area (TPSA) is 57.2 Å². The van der Waals surface area contributed by atoms with E-state index in [4.69, 9.17) is 18.9 Å². The highest BCUT2D eigenvalue weighted by atomic mass is 16.8. The maximum Gasteiger partial charge on any atom is 0.229 e. The van der Waals surface area contributed by atoms with Gasteiger partial charge in [-0.3, -0.25) is 0 Å². The van der Waals surface area contributed by atoms with Crippen LogP contribution in [0.3, 0.4) is 0 Å². The summed E-state index contributed by atoms with van der Waals surface area (Å²) in [6.45, 7) is 7.56. The van der Waals surface area contributed by atoms with Crippen LogP contribution in [0.25, 0.3) is 0 Å². The lowest BCUT2D eigenvalue weighted by Crippen LogP contribution is -2.70. The van der Waals surface area contributed by atoms with E-state index in [2.05, 4.69) is 13.8 Å². The van der Waals surface area contributed by atoms with Gasteiger partial charge in [-0.1, -0.05) is 26.7 Å². The molecule has 4 saturated carbocycles. The molecule has 6 fully saturated rings. The second kappa shape index (κ2) is 6.41. The third kappa shape index (κ3) is 2.24. The molecule has 1 unspecified atom stereocenters. The molecule has 2 aliphatic heterocycles. The molecule has 0 bridgehead atoms. The Hall–Kier alpha value is -0.200. The first-order chi connectivity index (χ1) is 14.0. The van der Waals surface area contributed by atoms with Crippen LogP contribution in [0.1, 0.15) is 65.2 Å². The van der Waals surface area contributed by atoms with Gasteiger partial charge in [0.1, 0.15) is 0 Å². The molecule has 29 heavy (non-hydrogen) atoms. The van der Waals surface area contributed by atoms with E-state index in [-0.39, 0.29) is 5.41 Å². The molecule has 164 valence electrons. The number of aliphatic hydroxyl groups is 1. The first-order valence-electron chi connectivity index (χ1n) is 12.2. The zero-order valence-electron chi connectivity index (χ0n) is 18.2. The van der Waals surface area contributed by atoms with Gasteiger partial charge in [-0.2, -0.15) is 0 Å². The van der Waals surface area contributed by atoms with E-state index in [1.165, 1.54) is 38.5 Å². The van der Waals surface area contributed by atoms with Gasteiger partial charge < -0.3 is 24.1 Å². The van der Waals surface area contributed by atoms with Crippen molar-refractivity contribution in [1.29, 1.82) is 0 Å². The van der Waals surface area contributed by atoms with E-state index in [1.807, 2.05) is 0 Å². The Bertz CT molecular complexity index is 654. The average molecular weight is 407 g/mol. The van der Waals surface area contributed by atoms with Crippen LogP contribution in [0.2, 0.25) is 0 Å². The molecule has 0 aromatic heterocycles. The molecule has 5 nitrogen and oxygen atoms in total. The summed E-state index contributed by atoms with van der Waals surface area (Å²) < 4.78 is 25.8. The molecule has 0 aromatic carbocycles. The quantitative estimate of drug-likeness (QED) is 0.719. The molecule has 1 N–H and O–H groups in total. The molecule has 2 saturated heterocycles. The van der Waals surface area contributed by atoms with Crippen molar-refractivity contribution >= 4 is 0 Å². The second-order valence-corrected chi connectivity index (χ2v) is 11.3. The van der Waals surface area contributed by atoms with Gasteiger partial charge >= 0.3 is 0 Å². The fourth-order valence-corrected chi connectivity index (χ4v) is 9.34. The van der Waals surface area contributed by atoms with Crippen molar-refractivity contribution in [2.75, 3.05) is 33.0 Å². The highest BCUT2D eigenvalue weighted by Gasteiger charge is 2.79. The standard InChI is InChI=1S/C24H38O5/c1-21-7-4-3-5-17(21)13-16(15-25)20-18(21)6-8-22(2)19(20)14-23-24(22,28-11-9-26-23)29-12-10-27-23/h16-20,25H,3-15H2,1-2H3/t16-,17?,18-,19-,20+,21-,22-,23?,24?/m0/s1. The monoisotopic (exact) mass is 406 g/mol. The lowest BCUT2D eigenvalue weighted by molar-refractivity contribution is -0.474. The van der Waals surface area contributed by atoms with E-state index in [9.17, 15) is 5.11 Å². The number of hydrogen-bond acceptors (Lipinski definition) is 5. The molecule has 0 radical (unpaired) electrons. The van der Waals surface area contributed by atoms with Crippen LogP contribution in [-0.4, -0.2) is 49.7 Å². The van der Waals surface area contributed by atoms with Crippen LogP contribution in [0.5, 0.6) is 0 Å². The first kappa shape index (κ1) is 19.5. The zero-order chi connectivity index (χ0) is 19.9. The Morgan fingerprint density at radius 1 is 0.862 bits per heavy atom. The predicted octanol–water partition coefficient (Wildman–Crippen LogP) is 3.73. The first-order valence-corrected chi connectivity index (χ1v) is 12.2. The zero-order valence-corrected chi connectivity index (χ0v) is 18.2. The summed E-state index contributed by atoms with van der Waals surface area (Å²) in [4.78, 5) is 0. The van der Waals surface area contributed by atoms with E-state index in [0.717, 1.165) is 18.8 Å². The number of fused-ring (bicyclic) bond motifs is 5. The minimum absolute atomic E-state index is 0.125. The van der Waals surface area contributed by atoms with Gasteiger partial charge in [0.15, 0.2) is 0 Å². The second-order valence-electron chi connectivity index (χ2n) is 11.3. The van der Waals surface area contributed by atoms with E-state index in [0.29, 0.717) is 62.1 Å². The van der Waals surface area contributed by atoms with Gasteiger partial charge in [-0.15, -0.1) is 0 Å². The smallest absolute Gasteiger partial charge is 0.229 e. The van der Waals surface area contributed by atoms with Gasteiger partial charge in [-0.25, -0.2) is 0 Å². The van der Waals surface area contributed by atoms with Crippen molar-refractivity contribution in [2.45, 2.75) is 76.8 Å². The minimum Gasteiger partial charge on any atom is -0.396 e. The van der Waals surface area contributed by atoms with E-state index < -0.39 is 11.6 Å². The van der Waals surface area contributed by atoms with Gasteiger partial charge in [-0.05, 0) is 67.1 Å². The summed E-state index contributed by atoms with van der Waals surface area (Å²) in [5.74, 6) is 1.23. The highest BCUT2D eigenvalue weighted by molar-refractivity contribution is 5.20. The molecule has 4 aliphatic carbocycles.